The van der Waals surface area contributed by atoms with E-state index in [9.17, 15) is 13.6 Å². The highest BCUT2D eigenvalue weighted by atomic mass is 19.3. The molecule has 1 aliphatic rings. The molecule has 1 aromatic heterocycles. The molecule has 0 bridgehead atoms. The SMILES string of the molecule is O=Cc1ccn(CC2CCC(F)(F)C2)c1. The van der Waals surface area contributed by atoms with E-state index in [4.69, 9.17) is 0 Å². The fraction of sp³-hybridized carbons (Fsp3) is 0.545. The van der Waals surface area contributed by atoms with Gasteiger partial charge in [-0.05, 0) is 18.4 Å². The molecule has 0 spiro atoms. The van der Waals surface area contributed by atoms with Crippen LogP contribution in [0.2, 0.25) is 0 Å². The van der Waals surface area contributed by atoms with Gasteiger partial charge in [-0.3, -0.25) is 4.79 Å². The molecule has 0 aliphatic heterocycles. The van der Waals surface area contributed by atoms with Crippen molar-refractivity contribution in [3.8, 4) is 0 Å². The van der Waals surface area contributed by atoms with Gasteiger partial charge < -0.3 is 4.57 Å². The van der Waals surface area contributed by atoms with Crippen LogP contribution < -0.4 is 0 Å². The Labute approximate surface area is 86.9 Å². The van der Waals surface area contributed by atoms with E-state index in [1.165, 1.54) is 0 Å². The summed E-state index contributed by atoms with van der Waals surface area (Å²) in [5, 5.41) is 0. The van der Waals surface area contributed by atoms with E-state index in [1.54, 1.807) is 18.5 Å². The predicted octanol–water partition coefficient (Wildman–Crippen LogP) is 2.74. The standard InChI is InChI=1S/C11H13F2NO/c12-11(13)3-1-9(5-11)6-14-4-2-10(7-14)8-15/h2,4,7-9H,1,3,5-6H2. The number of hydrogen-bond donors (Lipinski definition) is 0. The van der Waals surface area contributed by atoms with Crippen LogP contribution in [0.1, 0.15) is 29.6 Å². The highest BCUT2D eigenvalue weighted by Crippen LogP contribution is 2.39. The summed E-state index contributed by atoms with van der Waals surface area (Å²) in [5.74, 6) is -2.45. The van der Waals surface area contributed by atoms with Gasteiger partial charge in [-0.15, -0.1) is 0 Å². The van der Waals surface area contributed by atoms with Crippen LogP contribution in [0.3, 0.4) is 0 Å². The monoisotopic (exact) mass is 213 g/mol. The summed E-state index contributed by atoms with van der Waals surface area (Å²) in [6, 6.07) is 1.69. The zero-order valence-electron chi connectivity index (χ0n) is 8.33. The molecule has 1 heterocycles. The molecule has 0 radical (unpaired) electrons. The van der Waals surface area contributed by atoms with Gasteiger partial charge in [-0.25, -0.2) is 8.78 Å². The number of carbonyl (C=O) groups is 1. The Balaban J connectivity index is 1.95. The van der Waals surface area contributed by atoms with E-state index >= 15 is 0 Å². The van der Waals surface area contributed by atoms with Crippen LogP contribution >= 0.6 is 0 Å². The molecule has 0 saturated heterocycles. The molecule has 15 heavy (non-hydrogen) atoms. The highest BCUT2D eigenvalue weighted by molar-refractivity contribution is 5.74. The maximum Gasteiger partial charge on any atom is 0.248 e. The van der Waals surface area contributed by atoms with Crippen molar-refractivity contribution in [1.29, 1.82) is 0 Å². The topological polar surface area (TPSA) is 22.0 Å². The fourth-order valence-electron chi connectivity index (χ4n) is 2.14. The molecular formula is C11H13F2NO. The maximum atomic E-state index is 12.9. The van der Waals surface area contributed by atoms with Crippen LogP contribution in [-0.4, -0.2) is 16.8 Å². The Bertz CT molecular complexity index is 359. The first kappa shape index (κ1) is 10.3. The Kier molecular flexibility index (Phi) is 2.59. The molecule has 1 unspecified atom stereocenters. The first-order valence-electron chi connectivity index (χ1n) is 5.08. The minimum absolute atomic E-state index is 0.000523. The average Bonchev–Trinajstić information content (AvgIpc) is 2.73. The van der Waals surface area contributed by atoms with E-state index in [2.05, 4.69) is 0 Å². The van der Waals surface area contributed by atoms with E-state index in [0.717, 1.165) is 6.29 Å². The van der Waals surface area contributed by atoms with Gasteiger partial charge in [-0.2, -0.15) is 0 Å². The largest absolute Gasteiger partial charge is 0.353 e. The normalized spacial score (nSPS) is 24.3. The number of halogens is 2. The Morgan fingerprint density at radius 3 is 2.93 bits per heavy atom. The van der Waals surface area contributed by atoms with Crippen molar-refractivity contribution in [2.45, 2.75) is 31.7 Å². The lowest BCUT2D eigenvalue weighted by molar-refractivity contribution is 0.00436. The average molecular weight is 213 g/mol. The van der Waals surface area contributed by atoms with Crippen LogP contribution in [0.5, 0.6) is 0 Å². The Hall–Kier alpha value is -1.19. The van der Waals surface area contributed by atoms with E-state index in [-0.39, 0.29) is 18.8 Å². The van der Waals surface area contributed by atoms with Gasteiger partial charge in [0.15, 0.2) is 6.29 Å². The lowest BCUT2D eigenvalue weighted by atomic mass is 10.1. The van der Waals surface area contributed by atoms with Crippen molar-refractivity contribution < 1.29 is 13.6 Å². The molecule has 4 heteroatoms. The number of carbonyl (C=O) groups excluding carboxylic acids is 1. The quantitative estimate of drug-likeness (QED) is 0.707. The van der Waals surface area contributed by atoms with Gasteiger partial charge >= 0.3 is 0 Å². The van der Waals surface area contributed by atoms with Gasteiger partial charge in [-0.1, -0.05) is 0 Å². The van der Waals surface area contributed by atoms with Crippen LogP contribution in [0, 0.1) is 5.92 Å². The lowest BCUT2D eigenvalue weighted by Crippen LogP contribution is -2.12. The summed E-state index contributed by atoms with van der Waals surface area (Å²) in [7, 11) is 0. The van der Waals surface area contributed by atoms with E-state index < -0.39 is 5.92 Å². The van der Waals surface area contributed by atoms with Crippen molar-refractivity contribution in [3.05, 3.63) is 24.0 Å². The molecule has 1 saturated carbocycles. The zero-order valence-corrected chi connectivity index (χ0v) is 8.33. The smallest absolute Gasteiger partial charge is 0.248 e. The van der Waals surface area contributed by atoms with Crippen molar-refractivity contribution in [1.82, 2.24) is 4.57 Å². The Morgan fingerprint density at radius 1 is 1.60 bits per heavy atom. The first-order chi connectivity index (χ1) is 7.09. The second kappa shape index (κ2) is 3.76. The van der Waals surface area contributed by atoms with Crippen molar-refractivity contribution in [3.63, 3.8) is 0 Å². The summed E-state index contributed by atoms with van der Waals surface area (Å²) >= 11 is 0. The number of aldehydes is 1. The van der Waals surface area contributed by atoms with Gasteiger partial charge in [0, 0.05) is 37.3 Å². The molecule has 2 nitrogen and oxygen atoms in total. The van der Waals surface area contributed by atoms with Gasteiger partial charge in [0.25, 0.3) is 0 Å². The number of rotatable bonds is 3. The third-order valence-electron chi connectivity index (χ3n) is 2.88. The van der Waals surface area contributed by atoms with Gasteiger partial charge in [0.1, 0.15) is 0 Å². The van der Waals surface area contributed by atoms with Crippen LogP contribution in [0.15, 0.2) is 18.5 Å². The van der Waals surface area contributed by atoms with E-state index in [0.29, 0.717) is 18.5 Å². The third kappa shape index (κ3) is 2.43. The lowest BCUT2D eigenvalue weighted by Gasteiger charge is -2.11. The molecule has 82 valence electrons. The molecule has 0 amide bonds. The van der Waals surface area contributed by atoms with Crippen molar-refractivity contribution >= 4 is 6.29 Å². The molecule has 1 fully saturated rings. The van der Waals surface area contributed by atoms with Crippen LogP contribution in [0.4, 0.5) is 8.78 Å². The molecule has 2 rings (SSSR count). The summed E-state index contributed by atoms with van der Waals surface area (Å²) in [6.07, 6.45) is 4.77. The third-order valence-corrected chi connectivity index (χ3v) is 2.88. The summed E-state index contributed by atoms with van der Waals surface area (Å²) < 4.78 is 27.6. The van der Waals surface area contributed by atoms with Gasteiger partial charge in [0.05, 0.1) is 0 Å². The second-order valence-electron chi connectivity index (χ2n) is 4.22. The minimum atomic E-state index is -2.48. The van der Waals surface area contributed by atoms with Crippen molar-refractivity contribution in [2.75, 3.05) is 0 Å². The molecule has 1 aliphatic carbocycles. The first-order valence-corrected chi connectivity index (χ1v) is 5.08. The zero-order chi connectivity index (χ0) is 10.9. The second-order valence-corrected chi connectivity index (χ2v) is 4.22. The molecule has 0 aromatic carbocycles. The summed E-state index contributed by atoms with van der Waals surface area (Å²) in [4.78, 5) is 10.4. The maximum absolute atomic E-state index is 12.9. The predicted molar refractivity (Wildman–Crippen MR) is 52.1 cm³/mol. The Morgan fingerprint density at radius 2 is 2.40 bits per heavy atom. The van der Waals surface area contributed by atoms with E-state index in [1.807, 2.05) is 4.57 Å². The minimum Gasteiger partial charge on any atom is -0.353 e. The highest BCUT2D eigenvalue weighted by Gasteiger charge is 2.39. The fourth-order valence-corrected chi connectivity index (χ4v) is 2.14. The number of alkyl halides is 2. The van der Waals surface area contributed by atoms with Crippen molar-refractivity contribution in [2.24, 2.45) is 5.92 Å². The summed E-state index contributed by atoms with van der Waals surface area (Å²) in [5.41, 5.74) is 0.597. The van der Waals surface area contributed by atoms with Crippen LogP contribution in [0.25, 0.3) is 0 Å². The van der Waals surface area contributed by atoms with Gasteiger partial charge in [0.2, 0.25) is 5.92 Å². The van der Waals surface area contributed by atoms with Crippen LogP contribution in [-0.2, 0) is 6.54 Å². The number of hydrogen-bond acceptors (Lipinski definition) is 1. The number of aromatic nitrogens is 1. The molecular weight excluding hydrogens is 200 g/mol. The number of nitrogens with zero attached hydrogens (tertiary/aromatic N) is 1. The molecule has 0 N–H and O–H groups in total. The molecule has 1 aromatic rings. The summed E-state index contributed by atoms with van der Waals surface area (Å²) in [6.45, 7) is 0.587. The molecule has 1 atom stereocenters.